The van der Waals surface area contributed by atoms with E-state index in [9.17, 15) is 8.42 Å². The van der Waals surface area contributed by atoms with Crippen LogP contribution < -0.4 is 23.8 Å². The van der Waals surface area contributed by atoms with Gasteiger partial charge in [-0.3, -0.25) is 0 Å². The lowest BCUT2D eigenvalue weighted by Crippen LogP contribution is -3.13. The first-order valence-electron chi connectivity index (χ1n) is 9.45. The standard InChI is InChI=1S/C20H24N2O6S/c1-25-17-6-4-16(12-19(17)26-2)29(23,24)22-9-7-21(8-10-22)13-15-3-5-18-20(11-15)28-14-27-18/h3-6,11-12H,7-10,13-14H2,1-2H3/p+1. The van der Waals surface area contributed by atoms with Gasteiger partial charge < -0.3 is 23.8 Å². The average Bonchev–Trinajstić information content (AvgIpc) is 3.21. The Labute approximate surface area is 170 Å². The van der Waals surface area contributed by atoms with Crippen molar-refractivity contribution in [3.8, 4) is 23.0 Å². The molecule has 0 saturated carbocycles. The van der Waals surface area contributed by atoms with Crippen LogP contribution in [0.4, 0.5) is 0 Å². The Morgan fingerprint density at radius 2 is 1.69 bits per heavy atom. The van der Waals surface area contributed by atoms with Crippen LogP contribution in [0.1, 0.15) is 5.56 Å². The third-order valence-electron chi connectivity index (χ3n) is 5.31. The summed E-state index contributed by atoms with van der Waals surface area (Å²) in [4.78, 5) is 1.55. The minimum absolute atomic E-state index is 0.217. The number of nitrogens with zero attached hydrogens (tertiary/aromatic N) is 1. The molecule has 0 radical (unpaired) electrons. The van der Waals surface area contributed by atoms with Crippen molar-refractivity contribution in [3.05, 3.63) is 42.0 Å². The van der Waals surface area contributed by atoms with Crippen molar-refractivity contribution in [2.75, 3.05) is 47.2 Å². The van der Waals surface area contributed by atoms with Crippen molar-refractivity contribution in [3.63, 3.8) is 0 Å². The number of hydrogen-bond donors (Lipinski definition) is 1. The van der Waals surface area contributed by atoms with Crippen molar-refractivity contribution in [1.29, 1.82) is 0 Å². The molecule has 2 aromatic carbocycles. The van der Waals surface area contributed by atoms with Gasteiger partial charge in [-0.1, -0.05) is 0 Å². The topological polar surface area (TPSA) is 78.7 Å². The summed E-state index contributed by atoms with van der Waals surface area (Å²) in [6.45, 7) is 3.49. The van der Waals surface area contributed by atoms with Crippen LogP contribution in [0, 0.1) is 0 Å². The Balaban J connectivity index is 1.41. The van der Waals surface area contributed by atoms with Gasteiger partial charge in [-0.25, -0.2) is 8.42 Å². The van der Waals surface area contributed by atoms with E-state index in [1.807, 2.05) is 18.2 Å². The zero-order valence-corrected chi connectivity index (χ0v) is 17.3. The first-order chi connectivity index (χ1) is 14.0. The molecule has 2 heterocycles. The summed E-state index contributed by atoms with van der Waals surface area (Å²) in [6, 6.07) is 10.7. The molecule has 1 fully saturated rings. The SMILES string of the molecule is COc1ccc(S(=O)(=O)N2CC[NH+](Cc3ccc4c(c3)OCO4)CC2)cc1OC. The number of sulfonamides is 1. The molecule has 4 rings (SSSR count). The predicted molar refractivity (Wildman–Crippen MR) is 105 cm³/mol. The van der Waals surface area contributed by atoms with Gasteiger partial charge >= 0.3 is 0 Å². The molecule has 1 N–H and O–H groups in total. The highest BCUT2D eigenvalue weighted by atomic mass is 32.2. The molecule has 29 heavy (non-hydrogen) atoms. The molecule has 9 heteroatoms. The fourth-order valence-corrected chi connectivity index (χ4v) is 5.14. The fraction of sp³-hybridized carbons (Fsp3) is 0.400. The monoisotopic (exact) mass is 421 g/mol. The molecule has 0 unspecified atom stereocenters. The molecule has 8 nitrogen and oxygen atoms in total. The summed E-state index contributed by atoms with van der Waals surface area (Å²) in [5, 5.41) is 0. The second-order valence-corrected chi connectivity index (χ2v) is 8.97. The molecule has 0 amide bonds. The van der Waals surface area contributed by atoms with Crippen molar-refractivity contribution < 1.29 is 32.3 Å². The first-order valence-corrected chi connectivity index (χ1v) is 10.9. The second kappa shape index (κ2) is 8.10. The number of benzene rings is 2. The summed E-state index contributed by atoms with van der Waals surface area (Å²) >= 11 is 0. The molecule has 0 aromatic heterocycles. The second-order valence-electron chi connectivity index (χ2n) is 7.04. The van der Waals surface area contributed by atoms with E-state index >= 15 is 0 Å². The summed E-state index contributed by atoms with van der Waals surface area (Å²) in [5.41, 5.74) is 1.15. The van der Waals surface area contributed by atoms with Gasteiger partial charge in [0.05, 0.1) is 45.3 Å². The Morgan fingerprint density at radius 1 is 0.966 bits per heavy atom. The number of hydrogen-bond acceptors (Lipinski definition) is 6. The van der Waals surface area contributed by atoms with Crippen LogP contribution in [0.5, 0.6) is 23.0 Å². The number of methoxy groups -OCH3 is 2. The largest absolute Gasteiger partial charge is 0.493 e. The third kappa shape index (κ3) is 3.98. The lowest BCUT2D eigenvalue weighted by atomic mass is 10.2. The van der Waals surface area contributed by atoms with Crippen molar-refractivity contribution in [2.24, 2.45) is 0 Å². The summed E-state index contributed by atoms with van der Waals surface area (Å²) in [7, 11) is -0.561. The van der Waals surface area contributed by atoms with E-state index in [0.29, 0.717) is 24.6 Å². The highest BCUT2D eigenvalue weighted by Crippen LogP contribution is 2.32. The van der Waals surface area contributed by atoms with Gasteiger partial charge in [0.25, 0.3) is 0 Å². The molecule has 0 spiro atoms. The van der Waals surface area contributed by atoms with E-state index < -0.39 is 10.0 Å². The zero-order chi connectivity index (χ0) is 20.4. The highest BCUT2D eigenvalue weighted by molar-refractivity contribution is 7.89. The number of piperazine rings is 1. The van der Waals surface area contributed by atoms with Gasteiger partial charge in [-0.15, -0.1) is 0 Å². The van der Waals surface area contributed by atoms with E-state index in [0.717, 1.165) is 36.7 Å². The number of quaternary nitrogens is 1. The quantitative estimate of drug-likeness (QED) is 0.733. The normalized spacial score (nSPS) is 17.3. The number of rotatable bonds is 6. The van der Waals surface area contributed by atoms with E-state index in [-0.39, 0.29) is 11.7 Å². The lowest BCUT2D eigenvalue weighted by molar-refractivity contribution is -0.917. The molecule has 2 aromatic rings. The minimum Gasteiger partial charge on any atom is -0.493 e. The van der Waals surface area contributed by atoms with Crippen LogP contribution in [0.3, 0.4) is 0 Å². The molecular weight excluding hydrogens is 396 g/mol. The minimum atomic E-state index is -3.58. The van der Waals surface area contributed by atoms with Gasteiger partial charge in [-0.2, -0.15) is 4.31 Å². The Hall–Kier alpha value is -2.49. The molecule has 0 atom stereocenters. The van der Waals surface area contributed by atoms with Crippen LogP contribution in [0.25, 0.3) is 0 Å². The molecule has 0 bridgehead atoms. The fourth-order valence-electron chi connectivity index (χ4n) is 3.69. The van der Waals surface area contributed by atoms with Crippen LogP contribution in [0.2, 0.25) is 0 Å². The Morgan fingerprint density at radius 3 is 2.41 bits per heavy atom. The highest BCUT2D eigenvalue weighted by Gasteiger charge is 2.31. The maximum Gasteiger partial charge on any atom is 0.243 e. The van der Waals surface area contributed by atoms with E-state index in [1.165, 1.54) is 29.5 Å². The van der Waals surface area contributed by atoms with E-state index in [2.05, 4.69) is 0 Å². The maximum absolute atomic E-state index is 13.0. The van der Waals surface area contributed by atoms with E-state index in [4.69, 9.17) is 18.9 Å². The molecule has 0 aliphatic carbocycles. The van der Waals surface area contributed by atoms with Gasteiger partial charge in [-0.05, 0) is 30.3 Å². The van der Waals surface area contributed by atoms with E-state index in [1.54, 1.807) is 12.1 Å². The van der Waals surface area contributed by atoms with Crippen LogP contribution in [-0.4, -0.2) is 59.9 Å². The summed E-state index contributed by atoms with van der Waals surface area (Å²) in [5.74, 6) is 2.45. The lowest BCUT2D eigenvalue weighted by Gasteiger charge is -2.31. The molecular formula is C20H25N2O6S+. The number of fused-ring (bicyclic) bond motifs is 1. The Kier molecular flexibility index (Phi) is 5.53. The summed E-state index contributed by atoms with van der Waals surface area (Å²) < 4.78 is 48.8. The molecule has 1 saturated heterocycles. The first kappa shape index (κ1) is 19.8. The molecule has 156 valence electrons. The van der Waals surface area contributed by atoms with Crippen LogP contribution in [-0.2, 0) is 16.6 Å². The van der Waals surface area contributed by atoms with Crippen molar-refractivity contribution in [2.45, 2.75) is 11.4 Å². The van der Waals surface area contributed by atoms with Gasteiger partial charge in [0.1, 0.15) is 6.54 Å². The van der Waals surface area contributed by atoms with Crippen molar-refractivity contribution >= 4 is 10.0 Å². The Bertz CT molecular complexity index is 986. The van der Waals surface area contributed by atoms with Crippen LogP contribution >= 0.6 is 0 Å². The summed E-state index contributed by atoms with van der Waals surface area (Å²) in [6.07, 6.45) is 0. The zero-order valence-electron chi connectivity index (χ0n) is 16.5. The van der Waals surface area contributed by atoms with Gasteiger partial charge in [0, 0.05) is 11.6 Å². The number of ether oxygens (including phenoxy) is 4. The molecule has 2 aliphatic rings. The smallest absolute Gasteiger partial charge is 0.243 e. The van der Waals surface area contributed by atoms with Gasteiger partial charge in [0.2, 0.25) is 16.8 Å². The molecule has 2 aliphatic heterocycles. The average molecular weight is 421 g/mol. The maximum atomic E-state index is 13.0. The predicted octanol–water partition coefficient (Wildman–Crippen LogP) is 0.522. The van der Waals surface area contributed by atoms with Crippen molar-refractivity contribution in [1.82, 2.24) is 4.31 Å². The third-order valence-corrected chi connectivity index (χ3v) is 7.21. The van der Waals surface area contributed by atoms with Crippen LogP contribution in [0.15, 0.2) is 41.3 Å². The van der Waals surface area contributed by atoms with Gasteiger partial charge in [0.15, 0.2) is 23.0 Å². The number of nitrogens with one attached hydrogen (secondary N) is 1.